The van der Waals surface area contributed by atoms with Gasteiger partial charge in [0.2, 0.25) is 10.0 Å². The molecule has 1 heterocycles. The van der Waals surface area contributed by atoms with Gasteiger partial charge in [-0.3, -0.25) is 10.1 Å². The van der Waals surface area contributed by atoms with Crippen molar-refractivity contribution in [1.82, 2.24) is 4.31 Å². The second-order valence-electron chi connectivity index (χ2n) is 12.7. The van der Waals surface area contributed by atoms with Gasteiger partial charge in [-0.1, -0.05) is 6.07 Å². The number of rotatable bonds is 7. The molecule has 2 aromatic rings. The standard InChI is InChI=1S/C30H40N4O4S/c1-20-4-6-27(12-21(20)2)39(37,38)33-10-8-32(9-11-33)26-5-7-29(34(35)36)28(16-26)31-22(3)30-17-23-13-24(18-30)15-25(14-23)19-30/h4-7,12,16,22-25,31H,8-11,13-15,17-19H2,1-3H3/t22-,23?,24?,25?,30?/m1/s1. The molecule has 1 saturated heterocycles. The first kappa shape index (κ1) is 26.6. The molecule has 0 aromatic heterocycles. The Balaban J connectivity index is 1.18. The zero-order valence-corrected chi connectivity index (χ0v) is 24.0. The summed E-state index contributed by atoms with van der Waals surface area (Å²) in [6.45, 7) is 7.94. The number of nitrogens with one attached hydrogen (secondary N) is 1. The van der Waals surface area contributed by atoms with Crippen molar-refractivity contribution in [3.63, 3.8) is 0 Å². The fourth-order valence-corrected chi connectivity index (χ4v) is 9.81. The highest BCUT2D eigenvalue weighted by molar-refractivity contribution is 7.89. The number of nitro groups is 1. The van der Waals surface area contributed by atoms with Gasteiger partial charge >= 0.3 is 0 Å². The van der Waals surface area contributed by atoms with E-state index >= 15 is 0 Å². The largest absolute Gasteiger partial charge is 0.376 e. The van der Waals surface area contributed by atoms with Gasteiger partial charge in [0.1, 0.15) is 5.69 Å². The average Bonchev–Trinajstić information content (AvgIpc) is 2.89. The SMILES string of the molecule is Cc1ccc(S(=O)(=O)N2CCN(c3ccc([N+](=O)[O-])c(N[C@H](C)C45CC6CC(CC(C6)C4)C5)c3)CC2)cc1C. The van der Waals surface area contributed by atoms with Crippen LogP contribution in [0.2, 0.25) is 0 Å². The van der Waals surface area contributed by atoms with E-state index in [1.54, 1.807) is 28.6 Å². The number of nitrogens with zero attached hydrogens (tertiary/aromatic N) is 3. The average molecular weight is 553 g/mol. The van der Waals surface area contributed by atoms with Crippen LogP contribution in [0.1, 0.15) is 56.6 Å². The normalized spacial score (nSPS) is 29.4. The third-order valence-electron chi connectivity index (χ3n) is 10.3. The fourth-order valence-electron chi connectivity index (χ4n) is 8.30. The Morgan fingerprint density at radius 2 is 1.54 bits per heavy atom. The summed E-state index contributed by atoms with van der Waals surface area (Å²) in [5.41, 5.74) is 3.83. The first-order valence-corrected chi connectivity index (χ1v) is 15.9. The smallest absolute Gasteiger partial charge is 0.292 e. The van der Waals surface area contributed by atoms with Crippen molar-refractivity contribution in [2.75, 3.05) is 36.4 Å². The number of hydrogen-bond donors (Lipinski definition) is 1. The van der Waals surface area contributed by atoms with Crippen molar-refractivity contribution in [1.29, 1.82) is 0 Å². The number of aryl methyl sites for hydroxylation is 2. The number of nitro benzene ring substituents is 1. The maximum absolute atomic E-state index is 13.3. The first-order chi connectivity index (χ1) is 18.5. The van der Waals surface area contributed by atoms with Gasteiger partial charge in [0, 0.05) is 44.0 Å². The van der Waals surface area contributed by atoms with Crippen LogP contribution in [0.15, 0.2) is 41.3 Å². The summed E-state index contributed by atoms with van der Waals surface area (Å²) in [5, 5.41) is 15.6. The highest BCUT2D eigenvalue weighted by Gasteiger charge is 2.53. The molecule has 2 aromatic carbocycles. The topological polar surface area (TPSA) is 95.8 Å². The van der Waals surface area contributed by atoms with Crippen LogP contribution in [-0.2, 0) is 10.0 Å². The Bertz CT molecular complexity index is 1350. The first-order valence-electron chi connectivity index (χ1n) is 14.4. The van der Waals surface area contributed by atoms with Gasteiger partial charge in [0.05, 0.1) is 9.82 Å². The highest BCUT2D eigenvalue weighted by Crippen LogP contribution is 2.61. The van der Waals surface area contributed by atoms with E-state index in [1.807, 2.05) is 26.0 Å². The summed E-state index contributed by atoms with van der Waals surface area (Å²) in [4.78, 5) is 14.1. The maximum Gasteiger partial charge on any atom is 0.292 e. The van der Waals surface area contributed by atoms with Gasteiger partial charge in [0.25, 0.3) is 5.69 Å². The van der Waals surface area contributed by atoms with Gasteiger partial charge in [-0.25, -0.2) is 8.42 Å². The van der Waals surface area contributed by atoms with E-state index in [9.17, 15) is 18.5 Å². The third-order valence-corrected chi connectivity index (χ3v) is 12.2. The molecule has 7 rings (SSSR count). The molecule has 5 fully saturated rings. The molecule has 0 amide bonds. The summed E-state index contributed by atoms with van der Waals surface area (Å²) in [5.74, 6) is 2.45. The Labute approximate surface area is 232 Å². The van der Waals surface area contributed by atoms with Crippen LogP contribution < -0.4 is 10.2 Å². The van der Waals surface area contributed by atoms with Gasteiger partial charge < -0.3 is 10.2 Å². The Hall–Kier alpha value is -2.65. The molecule has 4 aliphatic carbocycles. The van der Waals surface area contributed by atoms with Crippen molar-refractivity contribution in [2.24, 2.45) is 23.2 Å². The molecule has 1 N–H and O–H groups in total. The van der Waals surface area contributed by atoms with Crippen molar-refractivity contribution < 1.29 is 13.3 Å². The fraction of sp³-hybridized carbons (Fsp3) is 0.600. The van der Waals surface area contributed by atoms with Crippen molar-refractivity contribution in [3.05, 3.63) is 57.6 Å². The van der Waals surface area contributed by atoms with E-state index in [4.69, 9.17) is 0 Å². The molecule has 1 aliphatic heterocycles. The van der Waals surface area contributed by atoms with Crippen molar-refractivity contribution in [2.45, 2.75) is 70.2 Å². The van der Waals surface area contributed by atoms with Crippen LogP contribution in [0.4, 0.5) is 17.1 Å². The molecule has 1 atom stereocenters. The Kier molecular flexibility index (Phi) is 6.65. The van der Waals surface area contributed by atoms with Crippen molar-refractivity contribution >= 4 is 27.1 Å². The molecular formula is C30H40N4O4S. The number of hydrogen-bond acceptors (Lipinski definition) is 6. The van der Waals surface area contributed by atoms with E-state index in [0.717, 1.165) is 34.6 Å². The van der Waals surface area contributed by atoms with Crippen LogP contribution in [0, 0.1) is 47.1 Å². The zero-order valence-electron chi connectivity index (χ0n) is 23.2. The van der Waals surface area contributed by atoms with E-state index in [0.29, 0.717) is 36.8 Å². The molecule has 0 radical (unpaired) electrons. The summed E-state index contributed by atoms with van der Waals surface area (Å²) in [6.07, 6.45) is 7.80. The molecule has 8 nitrogen and oxygen atoms in total. The third kappa shape index (κ3) is 4.82. The second-order valence-corrected chi connectivity index (χ2v) is 14.7. The molecule has 39 heavy (non-hydrogen) atoms. The molecule has 0 spiro atoms. The van der Waals surface area contributed by atoms with Crippen LogP contribution in [-0.4, -0.2) is 49.9 Å². The Morgan fingerprint density at radius 1 is 0.923 bits per heavy atom. The molecule has 0 unspecified atom stereocenters. The molecule has 4 saturated carbocycles. The molecule has 9 heteroatoms. The predicted octanol–water partition coefficient (Wildman–Crippen LogP) is 5.74. The molecule has 210 valence electrons. The summed E-state index contributed by atoms with van der Waals surface area (Å²) < 4.78 is 28.1. The predicted molar refractivity (Wildman–Crippen MR) is 154 cm³/mol. The monoisotopic (exact) mass is 552 g/mol. The highest BCUT2D eigenvalue weighted by atomic mass is 32.2. The van der Waals surface area contributed by atoms with Gasteiger partial charge in [-0.15, -0.1) is 0 Å². The lowest BCUT2D eigenvalue weighted by atomic mass is 9.48. The van der Waals surface area contributed by atoms with Gasteiger partial charge in [0.15, 0.2) is 0 Å². The van der Waals surface area contributed by atoms with Crippen molar-refractivity contribution in [3.8, 4) is 0 Å². The van der Waals surface area contributed by atoms with E-state index in [2.05, 4.69) is 17.1 Å². The molecule has 5 aliphatic rings. The molecular weight excluding hydrogens is 512 g/mol. The van der Waals surface area contributed by atoms with Gasteiger partial charge in [-0.2, -0.15) is 4.31 Å². The van der Waals surface area contributed by atoms with E-state index in [-0.39, 0.29) is 22.1 Å². The molecule has 4 bridgehead atoms. The lowest BCUT2D eigenvalue weighted by molar-refractivity contribution is -0.384. The van der Waals surface area contributed by atoms with E-state index < -0.39 is 10.0 Å². The maximum atomic E-state index is 13.3. The summed E-state index contributed by atoms with van der Waals surface area (Å²) in [6, 6.07) is 10.8. The lowest BCUT2D eigenvalue weighted by Crippen LogP contribution is -2.53. The minimum absolute atomic E-state index is 0.103. The summed E-state index contributed by atoms with van der Waals surface area (Å²) in [7, 11) is -3.57. The van der Waals surface area contributed by atoms with Crippen LogP contribution in [0.25, 0.3) is 0 Å². The number of piperazine rings is 1. The minimum Gasteiger partial charge on any atom is -0.376 e. The Morgan fingerprint density at radius 3 is 2.10 bits per heavy atom. The van der Waals surface area contributed by atoms with Crippen LogP contribution in [0.3, 0.4) is 0 Å². The number of benzene rings is 2. The minimum atomic E-state index is -3.57. The van der Waals surface area contributed by atoms with Gasteiger partial charge in [-0.05, 0) is 118 Å². The van der Waals surface area contributed by atoms with E-state index in [1.165, 1.54) is 38.5 Å². The van der Waals surface area contributed by atoms with Crippen LogP contribution >= 0.6 is 0 Å². The quantitative estimate of drug-likeness (QED) is 0.348. The van der Waals surface area contributed by atoms with Crippen LogP contribution in [0.5, 0.6) is 0 Å². The number of sulfonamides is 1. The summed E-state index contributed by atoms with van der Waals surface area (Å²) >= 11 is 0. The number of anilines is 2. The second kappa shape index (κ2) is 9.77. The lowest BCUT2D eigenvalue weighted by Gasteiger charge is -2.59. The zero-order chi connectivity index (χ0) is 27.5.